The number of rotatable bonds is 3. The van der Waals surface area contributed by atoms with Crippen LogP contribution >= 0.6 is 0 Å². The van der Waals surface area contributed by atoms with Crippen LogP contribution in [0.25, 0.3) is 0 Å². The first-order valence-corrected chi connectivity index (χ1v) is 4.03. The third kappa shape index (κ3) is 4.26. The Morgan fingerprint density at radius 2 is 1.73 bits per heavy atom. The van der Waals surface area contributed by atoms with Crippen LogP contribution in [0.3, 0.4) is 0 Å². The molecule has 0 saturated carbocycles. The molecule has 1 unspecified atom stereocenters. The molecule has 0 fully saturated rings. The predicted molar refractivity (Wildman–Crippen MR) is 43.4 cm³/mol. The summed E-state index contributed by atoms with van der Waals surface area (Å²) in [7, 11) is 0. The number of aliphatic hydroxyl groups excluding tert-OH is 1. The molecule has 0 aliphatic carbocycles. The van der Waals surface area contributed by atoms with Crippen LogP contribution in [0.2, 0.25) is 0 Å². The van der Waals surface area contributed by atoms with Gasteiger partial charge in [-0.15, -0.1) is 13.2 Å². The normalized spacial score (nSPS) is 13.9. The number of hydrogen-bond donors (Lipinski definition) is 1. The first-order chi connectivity index (χ1) is 6.88. The molecule has 0 spiro atoms. The van der Waals surface area contributed by atoms with E-state index in [-0.39, 0.29) is 5.56 Å². The van der Waals surface area contributed by atoms with Crippen molar-refractivity contribution in [3.63, 3.8) is 0 Å². The Labute approximate surface area is 83.1 Å². The topological polar surface area (TPSA) is 29.5 Å². The first-order valence-electron chi connectivity index (χ1n) is 4.03. The van der Waals surface area contributed by atoms with E-state index in [1.165, 1.54) is 12.1 Å². The van der Waals surface area contributed by atoms with Gasteiger partial charge >= 0.3 is 6.36 Å². The van der Waals surface area contributed by atoms with Crippen LogP contribution in [0.1, 0.15) is 11.7 Å². The highest BCUT2D eigenvalue weighted by Crippen LogP contribution is 2.20. The van der Waals surface area contributed by atoms with Crippen molar-refractivity contribution < 1.29 is 27.4 Å². The Bertz CT molecular complexity index is 307. The fourth-order valence-corrected chi connectivity index (χ4v) is 0.955. The standard InChI is InChI=1S/C9H8F4O2/c10-7-3-1-6(2-4-7)8(14)5-15-9(11,12)13/h1-4,8,14H,5H2. The van der Waals surface area contributed by atoms with Crippen LogP contribution in [-0.2, 0) is 4.74 Å². The van der Waals surface area contributed by atoms with Crippen LogP contribution in [0.5, 0.6) is 0 Å². The Morgan fingerprint density at radius 1 is 1.20 bits per heavy atom. The molecule has 0 saturated heterocycles. The van der Waals surface area contributed by atoms with Crippen LogP contribution in [0.4, 0.5) is 17.6 Å². The summed E-state index contributed by atoms with van der Waals surface area (Å²) >= 11 is 0. The minimum absolute atomic E-state index is 0.167. The van der Waals surface area contributed by atoms with Gasteiger partial charge in [-0.2, -0.15) is 0 Å². The van der Waals surface area contributed by atoms with Crippen molar-refractivity contribution >= 4 is 0 Å². The Hall–Kier alpha value is -1.14. The van der Waals surface area contributed by atoms with Crippen molar-refractivity contribution in [2.24, 2.45) is 0 Å². The fourth-order valence-electron chi connectivity index (χ4n) is 0.955. The lowest BCUT2D eigenvalue weighted by atomic mass is 10.1. The molecular weight excluding hydrogens is 216 g/mol. The number of halogens is 4. The van der Waals surface area contributed by atoms with Gasteiger partial charge in [-0.05, 0) is 17.7 Å². The molecule has 0 aliphatic heterocycles. The van der Waals surface area contributed by atoms with Crippen molar-refractivity contribution in [3.8, 4) is 0 Å². The maximum Gasteiger partial charge on any atom is 0.522 e. The monoisotopic (exact) mass is 224 g/mol. The average Bonchev–Trinajstić information content (AvgIpc) is 2.14. The third-order valence-electron chi connectivity index (χ3n) is 1.66. The molecule has 1 rings (SSSR count). The summed E-state index contributed by atoms with van der Waals surface area (Å²) in [6.45, 7) is -0.908. The highest BCUT2D eigenvalue weighted by molar-refractivity contribution is 5.18. The first kappa shape index (κ1) is 11.9. The molecule has 2 nitrogen and oxygen atoms in total. The summed E-state index contributed by atoms with van der Waals surface area (Å²) in [4.78, 5) is 0. The number of benzene rings is 1. The fraction of sp³-hybridized carbons (Fsp3) is 0.333. The van der Waals surface area contributed by atoms with E-state index in [1.54, 1.807) is 0 Å². The number of ether oxygens (including phenoxy) is 1. The molecule has 0 aliphatic rings. The zero-order valence-corrected chi connectivity index (χ0v) is 7.46. The smallest absolute Gasteiger partial charge is 0.386 e. The van der Waals surface area contributed by atoms with Crippen molar-refractivity contribution in [1.82, 2.24) is 0 Å². The Morgan fingerprint density at radius 3 is 2.20 bits per heavy atom. The van der Waals surface area contributed by atoms with E-state index in [2.05, 4.69) is 4.74 Å². The molecule has 0 aromatic heterocycles. The van der Waals surface area contributed by atoms with Crippen molar-refractivity contribution in [3.05, 3.63) is 35.6 Å². The maximum atomic E-state index is 12.4. The summed E-state index contributed by atoms with van der Waals surface area (Å²) < 4.78 is 50.7. The van der Waals surface area contributed by atoms with E-state index in [0.29, 0.717) is 0 Å². The lowest BCUT2D eigenvalue weighted by molar-refractivity contribution is -0.331. The molecule has 0 amide bonds. The lowest BCUT2D eigenvalue weighted by Gasteiger charge is -2.12. The average molecular weight is 224 g/mol. The van der Waals surface area contributed by atoms with Crippen LogP contribution < -0.4 is 0 Å². The molecule has 0 bridgehead atoms. The van der Waals surface area contributed by atoms with E-state index < -0.39 is 24.9 Å². The zero-order chi connectivity index (χ0) is 11.5. The van der Waals surface area contributed by atoms with E-state index in [1.807, 2.05) is 0 Å². The van der Waals surface area contributed by atoms with Gasteiger partial charge in [0.25, 0.3) is 0 Å². The minimum atomic E-state index is -4.78. The van der Waals surface area contributed by atoms with Crippen molar-refractivity contribution in [2.45, 2.75) is 12.5 Å². The van der Waals surface area contributed by atoms with Gasteiger partial charge in [0.05, 0.1) is 6.61 Å². The summed E-state index contributed by atoms with van der Waals surface area (Å²) in [6, 6.07) is 4.48. The summed E-state index contributed by atoms with van der Waals surface area (Å²) in [5.74, 6) is -0.525. The van der Waals surface area contributed by atoms with E-state index in [4.69, 9.17) is 0 Å². The van der Waals surface area contributed by atoms with Crippen molar-refractivity contribution in [2.75, 3.05) is 6.61 Å². The van der Waals surface area contributed by atoms with Gasteiger partial charge in [-0.25, -0.2) is 4.39 Å². The second-order valence-corrected chi connectivity index (χ2v) is 2.82. The molecular formula is C9H8F4O2. The second-order valence-electron chi connectivity index (χ2n) is 2.82. The molecule has 1 aromatic carbocycles. The summed E-state index contributed by atoms with van der Waals surface area (Å²) in [5.41, 5.74) is 0.167. The van der Waals surface area contributed by atoms with E-state index in [0.717, 1.165) is 12.1 Å². The molecule has 1 N–H and O–H groups in total. The highest BCUT2D eigenvalue weighted by atomic mass is 19.4. The van der Waals surface area contributed by atoms with Gasteiger partial charge in [0.2, 0.25) is 0 Å². The molecule has 15 heavy (non-hydrogen) atoms. The van der Waals surface area contributed by atoms with E-state index in [9.17, 15) is 22.7 Å². The zero-order valence-electron chi connectivity index (χ0n) is 7.46. The third-order valence-corrected chi connectivity index (χ3v) is 1.66. The van der Waals surface area contributed by atoms with E-state index >= 15 is 0 Å². The molecule has 1 aromatic rings. The largest absolute Gasteiger partial charge is 0.522 e. The number of hydrogen-bond acceptors (Lipinski definition) is 2. The van der Waals surface area contributed by atoms with Gasteiger partial charge < -0.3 is 5.11 Å². The number of alkyl halides is 3. The van der Waals surface area contributed by atoms with Gasteiger partial charge in [0, 0.05) is 0 Å². The molecule has 84 valence electrons. The molecule has 1 atom stereocenters. The molecule has 0 heterocycles. The molecule has 6 heteroatoms. The van der Waals surface area contributed by atoms with Crippen LogP contribution in [0.15, 0.2) is 24.3 Å². The van der Waals surface area contributed by atoms with Gasteiger partial charge in [-0.1, -0.05) is 12.1 Å². The van der Waals surface area contributed by atoms with Gasteiger partial charge in [-0.3, -0.25) is 4.74 Å². The molecule has 0 radical (unpaired) electrons. The van der Waals surface area contributed by atoms with Crippen LogP contribution in [0, 0.1) is 5.82 Å². The van der Waals surface area contributed by atoms with Gasteiger partial charge in [0.15, 0.2) is 0 Å². The quantitative estimate of drug-likeness (QED) is 0.799. The predicted octanol–water partition coefficient (Wildman–Crippen LogP) is 2.40. The summed E-state index contributed by atoms with van der Waals surface area (Å²) in [5, 5.41) is 9.23. The lowest BCUT2D eigenvalue weighted by Crippen LogP contribution is -2.18. The maximum absolute atomic E-state index is 12.4. The van der Waals surface area contributed by atoms with Gasteiger partial charge in [0.1, 0.15) is 11.9 Å². The minimum Gasteiger partial charge on any atom is -0.386 e. The number of aliphatic hydroxyl groups is 1. The second kappa shape index (κ2) is 4.59. The van der Waals surface area contributed by atoms with Crippen molar-refractivity contribution in [1.29, 1.82) is 0 Å². The highest BCUT2D eigenvalue weighted by Gasteiger charge is 2.30. The SMILES string of the molecule is OC(COC(F)(F)F)c1ccc(F)cc1. The summed E-state index contributed by atoms with van der Waals surface area (Å²) in [6.07, 6.45) is -6.20. The Kier molecular flexibility index (Phi) is 3.65. The van der Waals surface area contributed by atoms with Crippen LogP contribution in [-0.4, -0.2) is 18.1 Å². The Balaban J connectivity index is 2.54.